The molecule has 0 bridgehead atoms. The summed E-state index contributed by atoms with van der Waals surface area (Å²) in [5.74, 6) is 2.55. The van der Waals surface area contributed by atoms with Gasteiger partial charge in [0.05, 0.1) is 42.0 Å². The van der Waals surface area contributed by atoms with Crippen LogP contribution in [-0.4, -0.2) is 58.5 Å². The molecule has 3 aliphatic heterocycles. The molecule has 7 nitrogen and oxygen atoms in total. The average Bonchev–Trinajstić information content (AvgIpc) is 2.92. The van der Waals surface area contributed by atoms with Crippen LogP contribution in [0.2, 0.25) is 0 Å². The van der Waals surface area contributed by atoms with Gasteiger partial charge >= 0.3 is 0 Å². The quantitative estimate of drug-likeness (QED) is 0.733. The van der Waals surface area contributed by atoms with Crippen molar-refractivity contribution < 1.29 is 8.95 Å². The van der Waals surface area contributed by atoms with E-state index in [0.29, 0.717) is 44.5 Å². The van der Waals surface area contributed by atoms with Gasteiger partial charge in [0.25, 0.3) is 0 Å². The van der Waals surface area contributed by atoms with Crippen molar-refractivity contribution in [2.45, 2.75) is 30.8 Å². The van der Waals surface area contributed by atoms with Gasteiger partial charge in [-0.25, -0.2) is 0 Å². The number of nitrogens with zero attached hydrogens (tertiary/aromatic N) is 3. The molecule has 1 saturated heterocycles. The van der Waals surface area contributed by atoms with Crippen LogP contribution in [0.15, 0.2) is 62.6 Å². The highest BCUT2D eigenvalue weighted by Gasteiger charge is 2.38. The van der Waals surface area contributed by atoms with Gasteiger partial charge in [0.1, 0.15) is 5.84 Å². The zero-order chi connectivity index (χ0) is 21.6. The summed E-state index contributed by atoms with van der Waals surface area (Å²) >= 11 is 0. The van der Waals surface area contributed by atoms with E-state index in [1.54, 1.807) is 0 Å². The number of nitrogens with two attached hydrogens (primary N) is 1. The van der Waals surface area contributed by atoms with Crippen LogP contribution in [-0.2, 0) is 22.1 Å². The number of benzene rings is 1. The molecule has 5 rings (SSSR count). The van der Waals surface area contributed by atoms with Crippen molar-refractivity contribution >= 4 is 22.6 Å². The highest BCUT2D eigenvalue weighted by atomic mass is 32.2. The first-order valence-corrected chi connectivity index (χ1v) is 12.1. The van der Waals surface area contributed by atoms with Gasteiger partial charge in [0.2, 0.25) is 5.96 Å². The molecule has 0 spiro atoms. The van der Waals surface area contributed by atoms with Crippen LogP contribution in [0, 0.1) is 11.8 Å². The molecule has 3 N–H and O–H groups in total. The molecule has 1 aromatic carbocycles. The van der Waals surface area contributed by atoms with Crippen molar-refractivity contribution in [3.8, 4) is 0 Å². The fraction of sp³-hybridized carbons (Fsp3) is 0.478. The standard InChI is InChI=1S/C23H29N5O2S/c1-15-7-8-18-20(16(15)2)21(25-12-23(24)13-30-14-23)27-22(26-18)28-9-10-31(29)19-6-4-3-5-17(19)11-28/h3-8,16,20H,9-14,24H2,1-2H3,(H,25,26,27). The molecular weight excluding hydrogens is 410 g/mol. The molecule has 1 aliphatic carbocycles. The van der Waals surface area contributed by atoms with E-state index in [0.717, 1.165) is 28.0 Å². The van der Waals surface area contributed by atoms with Gasteiger partial charge in [-0.15, -0.1) is 0 Å². The molecule has 0 saturated carbocycles. The van der Waals surface area contributed by atoms with Gasteiger partial charge < -0.3 is 20.7 Å². The van der Waals surface area contributed by atoms with E-state index in [9.17, 15) is 4.21 Å². The number of fused-ring (bicyclic) bond motifs is 2. The van der Waals surface area contributed by atoms with Gasteiger partial charge in [-0.05, 0) is 30.5 Å². The SMILES string of the molecule is CC1=CC=C2NC(N3CCS(=O)c4ccccc4C3)=NC(=NCC3(N)COC3)C2C1C. The minimum absolute atomic E-state index is 0.0896. The molecule has 4 aliphatic rings. The summed E-state index contributed by atoms with van der Waals surface area (Å²) in [5.41, 5.74) is 9.46. The smallest absolute Gasteiger partial charge is 0.205 e. The highest BCUT2D eigenvalue weighted by Crippen LogP contribution is 2.34. The van der Waals surface area contributed by atoms with Crippen LogP contribution in [0.3, 0.4) is 0 Å². The van der Waals surface area contributed by atoms with Gasteiger partial charge in [-0.1, -0.05) is 36.8 Å². The number of aliphatic imine (C=N–C) groups is 2. The van der Waals surface area contributed by atoms with Gasteiger partial charge in [-0.3, -0.25) is 9.20 Å². The normalized spacial score (nSPS) is 30.7. The lowest BCUT2D eigenvalue weighted by atomic mass is 9.80. The van der Waals surface area contributed by atoms with Crippen molar-refractivity contribution in [3.05, 3.63) is 53.3 Å². The Kier molecular flexibility index (Phi) is 5.32. The average molecular weight is 440 g/mol. The van der Waals surface area contributed by atoms with Crippen LogP contribution in [0.5, 0.6) is 0 Å². The first kappa shape index (κ1) is 20.6. The van der Waals surface area contributed by atoms with Crippen molar-refractivity contribution in [2.75, 3.05) is 32.1 Å². The molecule has 0 aromatic heterocycles. The second-order valence-electron chi connectivity index (χ2n) is 8.97. The number of allylic oxidation sites excluding steroid dienone is 3. The number of hydrogen-bond acceptors (Lipinski definition) is 6. The van der Waals surface area contributed by atoms with E-state index in [1.807, 2.05) is 18.2 Å². The third kappa shape index (κ3) is 3.88. The molecule has 8 heteroatoms. The third-order valence-electron chi connectivity index (χ3n) is 6.59. The first-order valence-electron chi connectivity index (χ1n) is 10.8. The zero-order valence-corrected chi connectivity index (χ0v) is 18.8. The highest BCUT2D eigenvalue weighted by molar-refractivity contribution is 7.85. The summed E-state index contributed by atoms with van der Waals surface area (Å²) in [6.07, 6.45) is 4.31. The second-order valence-corrected chi connectivity index (χ2v) is 10.5. The maximum absolute atomic E-state index is 12.7. The lowest BCUT2D eigenvalue weighted by Gasteiger charge is -2.39. The van der Waals surface area contributed by atoms with E-state index >= 15 is 0 Å². The Hall–Kier alpha value is -2.29. The molecular formula is C23H29N5O2S. The lowest BCUT2D eigenvalue weighted by Crippen LogP contribution is -2.60. The summed E-state index contributed by atoms with van der Waals surface area (Å²) in [5, 5.41) is 3.56. The van der Waals surface area contributed by atoms with Crippen molar-refractivity contribution in [3.63, 3.8) is 0 Å². The van der Waals surface area contributed by atoms with Crippen molar-refractivity contribution in [2.24, 2.45) is 27.6 Å². The number of nitrogens with one attached hydrogen (secondary N) is 1. The Morgan fingerprint density at radius 3 is 2.94 bits per heavy atom. The Morgan fingerprint density at radius 1 is 1.35 bits per heavy atom. The summed E-state index contributed by atoms with van der Waals surface area (Å²) in [6, 6.07) is 7.97. The largest absolute Gasteiger partial charge is 0.377 e. The number of hydrogen-bond donors (Lipinski definition) is 2. The van der Waals surface area contributed by atoms with Crippen LogP contribution >= 0.6 is 0 Å². The third-order valence-corrected chi connectivity index (χ3v) is 8.04. The molecule has 1 fully saturated rings. The second kappa shape index (κ2) is 8.00. The van der Waals surface area contributed by atoms with E-state index in [2.05, 4.69) is 42.3 Å². The van der Waals surface area contributed by atoms with Crippen LogP contribution < -0.4 is 11.1 Å². The molecule has 1 aromatic rings. The fourth-order valence-corrected chi connectivity index (χ4v) is 5.69. The molecule has 31 heavy (non-hydrogen) atoms. The molecule has 3 atom stereocenters. The summed E-state index contributed by atoms with van der Waals surface area (Å²) in [4.78, 5) is 13.0. The number of rotatable bonds is 2. The molecule has 164 valence electrons. The summed E-state index contributed by atoms with van der Waals surface area (Å²) in [7, 11) is -1.00. The van der Waals surface area contributed by atoms with Gasteiger partial charge in [-0.2, -0.15) is 4.99 Å². The lowest BCUT2D eigenvalue weighted by molar-refractivity contribution is -0.0479. The Morgan fingerprint density at radius 2 is 2.16 bits per heavy atom. The van der Waals surface area contributed by atoms with Crippen molar-refractivity contribution in [1.82, 2.24) is 10.2 Å². The summed E-state index contributed by atoms with van der Waals surface area (Å²) < 4.78 is 18.0. The molecule has 0 radical (unpaired) electrons. The van der Waals surface area contributed by atoms with E-state index < -0.39 is 16.3 Å². The predicted molar refractivity (Wildman–Crippen MR) is 123 cm³/mol. The zero-order valence-electron chi connectivity index (χ0n) is 18.0. The molecule has 3 unspecified atom stereocenters. The number of ether oxygens (including phenoxy) is 1. The maximum atomic E-state index is 12.7. The topological polar surface area (TPSA) is 92.3 Å². The van der Waals surface area contributed by atoms with Crippen LogP contribution in [0.25, 0.3) is 0 Å². The maximum Gasteiger partial charge on any atom is 0.205 e. The minimum Gasteiger partial charge on any atom is -0.377 e. The van der Waals surface area contributed by atoms with Crippen LogP contribution in [0.1, 0.15) is 19.4 Å². The minimum atomic E-state index is -1.00. The number of amidine groups is 1. The Bertz CT molecular complexity index is 1040. The first-order chi connectivity index (χ1) is 14.9. The monoisotopic (exact) mass is 439 g/mol. The fourth-order valence-electron chi connectivity index (χ4n) is 4.43. The van der Waals surface area contributed by atoms with Gasteiger partial charge in [0.15, 0.2) is 0 Å². The predicted octanol–water partition coefficient (Wildman–Crippen LogP) is 1.79. The van der Waals surface area contributed by atoms with E-state index in [4.69, 9.17) is 20.5 Å². The summed E-state index contributed by atoms with van der Waals surface area (Å²) in [6.45, 7) is 7.28. The van der Waals surface area contributed by atoms with Crippen molar-refractivity contribution in [1.29, 1.82) is 0 Å². The van der Waals surface area contributed by atoms with Crippen LogP contribution in [0.4, 0.5) is 0 Å². The molecule has 0 amide bonds. The number of guanidine groups is 1. The van der Waals surface area contributed by atoms with E-state index in [1.165, 1.54) is 5.57 Å². The Labute approximate surface area is 185 Å². The van der Waals surface area contributed by atoms with E-state index in [-0.39, 0.29) is 5.92 Å². The van der Waals surface area contributed by atoms with Gasteiger partial charge in [0, 0.05) is 29.4 Å². The Balaban J connectivity index is 1.49. The molecule has 3 heterocycles.